The van der Waals surface area contributed by atoms with E-state index in [9.17, 15) is 14.3 Å². The molecule has 2 N–H and O–H groups in total. The topological polar surface area (TPSA) is 52.6 Å². The van der Waals surface area contributed by atoms with E-state index in [4.69, 9.17) is 11.6 Å². The summed E-state index contributed by atoms with van der Waals surface area (Å²) in [7, 11) is 0. The molecule has 1 aliphatic rings. The van der Waals surface area contributed by atoms with Crippen molar-refractivity contribution >= 4 is 17.6 Å². The van der Waals surface area contributed by atoms with Crippen molar-refractivity contribution in [2.75, 3.05) is 13.1 Å². The number of halogens is 2. The van der Waals surface area contributed by atoms with Crippen LogP contribution < -0.4 is 5.32 Å². The highest BCUT2D eigenvalue weighted by atomic mass is 35.5. The molecule has 0 unspecified atom stereocenters. The van der Waals surface area contributed by atoms with Crippen molar-refractivity contribution in [1.29, 1.82) is 0 Å². The quantitative estimate of drug-likeness (QED) is 0.756. The smallest absolute Gasteiger partial charge is 0.321 e. The van der Waals surface area contributed by atoms with Gasteiger partial charge in [0.1, 0.15) is 11.9 Å². The lowest BCUT2D eigenvalue weighted by molar-refractivity contribution is -0.139. The monoisotopic (exact) mass is 390 g/mol. The second kappa shape index (κ2) is 9.31. The molecule has 0 amide bonds. The maximum Gasteiger partial charge on any atom is 0.321 e. The van der Waals surface area contributed by atoms with Gasteiger partial charge in [0.2, 0.25) is 0 Å². The highest BCUT2D eigenvalue weighted by molar-refractivity contribution is 6.31. The normalized spacial score (nSPS) is 17.0. The summed E-state index contributed by atoms with van der Waals surface area (Å²) in [6.07, 6.45) is 2.11. The van der Waals surface area contributed by atoms with Gasteiger partial charge < -0.3 is 10.4 Å². The number of hydrogen-bond donors (Lipinski definition) is 2. The number of aliphatic carboxylic acids is 1. The molecular formula is C21H24ClFN2O2. The van der Waals surface area contributed by atoms with Crippen LogP contribution in [0.1, 0.15) is 24.0 Å². The highest BCUT2D eigenvalue weighted by Gasteiger charge is 2.26. The molecule has 4 nitrogen and oxygen atoms in total. The zero-order valence-corrected chi connectivity index (χ0v) is 15.8. The van der Waals surface area contributed by atoms with E-state index in [1.165, 1.54) is 6.07 Å². The van der Waals surface area contributed by atoms with Gasteiger partial charge in [-0.25, -0.2) is 4.39 Å². The number of nitrogens with zero attached hydrogens (tertiary/aromatic N) is 1. The van der Waals surface area contributed by atoms with Crippen molar-refractivity contribution in [2.24, 2.45) is 0 Å². The summed E-state index contributed by atoms with van der Waals surface area (Å²) in [5.74, 6) is -1.11. The Morgan fingerprint density at radius 1 is 1.19 bits per heavy atom. The van der Waals surface area contributed by atoms with Crippen molar-refractivity contribution in [3.8, 4) is 0 Å². The minimum absolute atomic E-state index is 0.141. The Balaban J connectivity index is 1.53. The molecule has 1 saturated heterocycles. The maximum absolute atomic E-state index is 14.0. The summed E-state index contributed by atoms with van der Waals surface area (Å²) in [6, 6.07) is 13.9. The fourth-order valence-electron chi connectivity index (χ4n) is 3.52. The number of carbonyl (C=O) groups is 1. The van der Waals surface area contributed by atoms with Crippen LogP contribution in [0.3, 0.4) is 0 Å². The zero-order valence-electron chi connectivity index (χ0n) is 15.1. The maximum atomic E-state index is 14.0. The third-order valence-electron chi connectivity index (χ3n) is 5.05. The van der Waals surface area contributed by atoms with Crippen LogP contribution in [0.4, 0.5) is 4.39 Å². The molecule has 27 heavy (non-hydrogen) atoms. The lowest BCUT2D eigenvalue weighted by Crippen LogP contribution is -2.49. The van der Waals surface area contributed by atoms with E-state index < -0.39 is 12.0 Å². The van der Waals surface area contributed by atoms with Gasteiger partial charge in [0.25, 0.3) is 0 Å². The Kier molecular flexibility index (Phi) is 6.83. The van der Waals surface area contributed by atoms with Gasteiger partial charge in [0.05, 0.1) is 0 Å². The Bertz CT molecular complexity index is 744. The summed E-state index contributed by atoms with van der Waals surface area (Å²) in [6.45, 7) is 2.03. The predicted octanol–water partition coefficient (Wildman–Crippen LogP) is 3.73. The number of rotatable bonds is 7. The molecule has 0 bridgehead atoms. The van der Waals surface area contributed by atoms with Gasteiger partial charge in [0, 0.05) is 23.2 Å². The van der Waals surface area contributed by atoms with Gasteiger partial charge in [-0.05, 0) is 50.0 Å². The molecule has 1 aliphatic heterocycles. The van der Waals surface area contributed by atoms with Crippen molar-refractivity contribution in [2.45, 2.75) is 37.9 Å². The van der Waals surface area contributed by atoms with Crippen LogP contribution in [0.5, 0.6) is 0 Å². The lowest BCUT2D eigenvalue weighted by atomic mass is 10.00. The number of piperidine rings is 1. The molecule has 1 heterocycles. The number of carboxylic acids is 1. The summed E-state index contributed by atoms with van der Waals surface area (Å²) in [5.41, 5.74) is 1.53. The molecule has 1 fully saturated rings. The number of hydrogen-bond acceptors (Lipinski definition) is 3. The van der Waals surface area contributed by atoms with Gasteiger partial charge in [-0.2, -0.15) is 0 Å². The highest BCUT2D eigenvalue weighted by Crippen LogP contribution is 2.23. The van der Waals surface area contributed by atoms with E-state index in [1.807, 2.05) is 30.3 Å². The molecule has 144 valence electrons. The number of benzene rings is 2. The molecule has 2 aromatic carbocycles. The van der Waals surface area contributed by atoms with Gasteiger partial charge in [-0.3, -0.25) is 9.69 Å². The van der Waals surface area contributed by atoms with E-state index in [1.54, 1.807) is 12.1 Å². The van der Waals surface area contributed by atoms with Crippen LogP contribution in [0, 0.1) is 5.82 Å². The third kappa shape index (κ3) is 5.51. The summed E-state index contributed by atoms with van der Waals surface area (Å²) in [5, 5.41) is 13.3. The Labute approximate surface area is 164 Å². The molecule has 1 atom stereocenters. The second-order valence-electron chi connectivity index (χ2n) is 7.00. The standard InChI is InChI=1S/C21H24ClFN2O2/c22-18-7-4-8-19(23)17(18)14-25-11-9-16(10-12-25)24-20(21(26)27)13-15-5-2-1-3-6-15/h1-8,16,20,24H,9-14H2,(H,26,27)/t20-/m1/s1. The molecule has 0 aliphatic carbocycles. The van der Waals surface area contributed by atoms with Crippen LogP contribution in [-0.2, 0) is 17.8 Å². The molecule has 2 aromatic rings. The predicted molar refractivity (Wildman–Crippen MR) is 104 cm³/mol. The molecule has 0 saturated carbocycles. The Morgan fingerprint density at radius 3 is 2.52 bits per heavy atom. The largest absolute Gasteiger partial charge is 0.480 e. The summed E-state index contributed by atoms with van der Waals surface area (Å²) >= 11 is 6.11. The van der Waals surface area contributed by atoms with E-state index in [2.05, 4.69) is 10.2 Å². The number of carboxylic acid groups (broad SMARTS) is 1. The Hall–Kier alpha value is -1.95. The SMILES string of the molecule is O=C(O)[C@@H](Cc1ccccc1)NC1CCN(Cc2c(F)cccc2Cl)CC1. The van der Waals surface area contributed by atoms with Crippen molar-refractivity contribution in [3.63, 3.8) is 0 Å². The minimum Gasteiger partial charge on any atom is -0.480 e. The van der Waals surface area contributed by atoms with E-state index in [0.717, 1.165) is 31.5 Å². The first-order valence-electron chi connectivity index (χ1n) is 9.21. The van der Waals surface area contributed by atoms with E-state index in [0.29, 0.717) is 23.6 Å². The number of likely N-dealkylation sites (tertiary alicyclic amines) is 1. The zero-order chi connectivity index (χ0) is 19.2. The fraction of sp³-hybridized carbons (Fsp3) is 0.381. The second-order valence-corrected chi connectivity index (χ2v) is 7.41. The first kappa shape index (κ1) is 19.8. The van der Waals surface area contributed by atoms with Crippen LogP contribution in [0.2, 0.25) is 5.02 Å². The van der Waals surface area contributed by atoms with Gasteiger partial charge in [-0.15, -0.1) is 0 Å². The Morgan fingerprint density at radius 2 is 1.89 bits per heavy atom. The number of nitrogens with one attached hydrogen (secondary N) is 1. The van der Waals surface area contributed by atoms with Crippen molar-refractivity contribution in [1.82, 2.24) is 10.2 Å². The first-order chi connectivity index (χ1) is 13.0. The molecule has 3 rings (SSSR count). The summed E-state index contributed by atoms with van der Waals surface area (Å²) in [4.78, 5) is 13.8. The molecule has 0 aromatic heterocycles. The molecule has 6 heteroatoms. The van der Waals surface area contributed by atoms with E-state index in [-0.39, 0.29) is 11.9 Å². The fourth-order valence-corrected chi connectivity index (χ4v) is 3.74. The third-order valence-corrected chi connectivity index (χ3v) is 5.40. The summed E-state index contributed by atoms with van der Waals surface area (Å²) < 4.78 is 14.0. The first-order valence-corrected chi connectivity index (χ1v) is 9.58. The lowest BCUT2D eigenvalue weighted by Gasteiger charge is -2.34. The molecule has 0 spiro atoms. The average molecular weight is 391 g/mol. The minimum atomic E-state index is -0.834. The molecular weight excluding hydrogens is 367 g/mol. The van der Waals surface area contributed by atoms with Crippen LogP contribution >= 0.6 is 11.6 Å². The average Bonchev–Trinajstić information content (AvgIpc) is 2.66. The van der Waals surface area contributed by atoms with Crippen LogP contribution in [0.25, 0.3) is 0 Å². The van der Waals surface area contributed by atoms with E-state index >= 15 is 0 Å². The van der Waals surface area contributed by atoms with Crippen molar-refractivity contribution < 1.29 is 14.3 Å². The molecule has 0 radical (unpaired) electrons. The van der Waals surface area contributed by atoms with Gasteiger partial charge in [-0.1, -0.05) is 48.0 Å². The van der Waals surface area contributed by atoms with Gasteiger partial charge >= 0.3 is 5.97 Å². The van der Waals surface area contributed by atoms with Gasteiger partial charge in [0.15, 0.2) is 0 Å². The van der Waals surface area contributed by atoms with Crippen LogP contribution in [-0.4, -0.2) is 41.1 Å². The van der Waals surface area contributed by atoms with Crippen molar-refractivity contribution in [3.05, 3.63) is 70.5 Å². The van der Waals surface area contributed by atoms with Crippen LogP contribution in [0.15, 0.2) is 48.5 Å².